The summed E-state index contributed by atoms with van der Waals surface area (Å²) in [6, 6.07) is 6.06. The lowest BCUT2D eigenvalue weighted by Crippen LogP contribution is -2.16. The third-order valence-corrected chi connectivity index (χ3v) is 3.69. The predicted octanol–water partition coefficient (Wildman–Crippen LogP) is 1.96. The van der Waals surface area contributed by atoms with E-state index in [9.17, 15) is 9.59 Å². The van der Waals surface area contributed by atoms with Crippen LogP contribution in [-0.4, -0.2) is 25.0 Å². The molecular formula is C16H17NO4. The summed E-state index contributed by atoms with van der Waals surface area (Å²) < 4.78 is 10.2. The molecule has 21 heavy (non-hydrogen) atoms. The number of esters is 1. The van der Waals surface area contributed by atoms with Crippen LogP contribution in [0.4, 0.5) is 5.69 Å². The van der Waals surface area contributed by atoms with Gasteiger partial charge in [0.05, 0.1) is 6.61 Å². The Kier molecular flexibility index (Phi) is 3.64. The van der Waals surface area contributed by atoms with Crippen LogP contribution in [-0.2, 0) is 31.9 Å². The Morgan fingerprint density at radius 3 is 2.95 bits per heavy atom. The fourth-order valence-corrected chi connectivity index (χ4v) is 2.70. The first-order valence-electron chi connectivity index (χ1n) is 7.15. The highest BCUT2D eigenvalue weighted by Gasteiger charge is 2.32. The Hall–Kier alpha value is -2.30. The van der Waals surface area contributed by atoms with E-state index in [1.165, 1.54) is 17.5 Å². The second-order valence-corrected chi connectivity index (χ2v) is 5.10. The third kappa shape index (κ3) is 2.63. The van der Waals surface area contributed by atoms with Gasteiger partial charge in [-0.3, -0.25) is 4.79 Å². The van der Waals surface area contributed by atoms with Gasteiger partial charge in [0.2, 0.25) is 11.7 Å². The summed E-state index contributed by atoms with van der Waals surface area (Å²) in [6.07, 6.45) is 3.35. The number of anilines is 1. The van der Waals surface area contributed by atoms with Crippen LogP contribution in [0.3, 0.4) is 0 Å². The van der Waals surface area contributed by atoms with Gasteiger partial charge in [0.1, 0.15) is 0 Å². The molecule has 0 saturated carbocycles. The first kappa shape index (κ1) is 13.7. The van der Waals surface area contributed by atoms with E-state index in [4.69, 9.17) is 9.47 Å². The second-order valence-electron chi connectivity index (χ2n) is 5.10. The average molecular weight is 287 g/mol. The molecule has 1 N–H and O–H groups in total. The number of Topliss-reactive ketones (excluding diaryl/α,β-unsaturated/α-hetero) is 1. The van der Waals surface area contributed by atoms with Gasteiger partial charge >= 0.3 is 5.97 Å². The molecule has 0 radical (unpaired) electrons. The lowest BCUT2D eigenvalue weighted by Gasteiger charge is -2.10. The number of ether oxygens (including phenoxy) is 2. The van der Waals surface area contributed by atoms with Crippen molar-refractivity contribution >= 4 is 17.4 Å². The topological polar surface area (TPSA) is 64.6 Å². The molecule has 0 spiro atoms. The lowest BCUT2D eigenvalue weighted by atomic mass is 10.1. The largest absolute Gasteiger partial charge is 0.470 e. The molecule has 0 saturated heterocycles. The highest BCUT2D eigenvalue weighted by molar-refractivity contribution is 6.19. The van der Waals surface area contributed by atoms with Crippen molar-refractivity contribution in [1.82, 2.24) is 0 Å². The van der Waals surface area contributed by atoms with Crippen molar-refractivity contribution in [2.24, 2.45) is 0 Å². The number of hydrogen-bond acceptors (Lipinski definition) is 5. The number of carbonyl (C=O) groups excluding carboxylic acids is 2. The van der Waals surface area contributed by atoms with Crippen molar-refractivity contribution in [2.75, 3.05) is 18.5 Å². The van der Waals surface area contributed by atoms with E-state index in [1.54, 1.807) is 6.92 Å². The molecule has 1 aromatic rings. The molecule has 5 nitrogen and oxygen atoms in total. The fraction of sp³-hybridized carbons (Fsp3) is 0.375. The van der Waals surface area contributed by atoms with Crippen LogP contribution < -0.4 is 5.32 Å². The molecule has 2 aliphatic rings. The molecule has 1 aliphatic heterocycles. The SMILES string of the molecule is CCOC(=O)C1=C(Nc2ccc3c(c2)CCC3)OCC1=O. The summed E-state index contributed by atoms with van der Waals surface area (Å²) in [5.74, 6) is -0.794. The highest BCUT2D eigenvalue weighted by Crippen LogP contribution is 2.27. The zero-order valence-corrected chi connectivity index (χ0v) is 11.9. The average Bonchev–Trinajstić information content (AvgIpc) is 3.05. The minimum absolute atomic E-state index is 0.0302. The monoisotopic (exact) mass is 287 g/mol. The number of hydrogen-bond donors (Lipinski definition) is 1. The number of nitrogens with one attached hydrogen (secondary N) is 1. The summed E-state index contributed by atoms with van der Waals surface area (Å²) in [7, 11) is 0. The highest BCUT2D eigenvalue weighted by atomic mass is 16.5. The molecule has 0 amide bonds. The molecule has 0 fully saturated rings. The van der Waals surface area contributed by atoms with E-state index < -0.39 is 5.97 Å². The number of fused-ring (bicyclic) bond motifs is 1. The molecule has 0 bridgehead atoms. The smallest absolute Gasteiger partial charge is 0.347 e. The second kappa shape index (κ2) is 5.60. The van der Waals surface area contributed by atoms with Crippen LogP contribution in [0.2, 0.25) is 0 Å². The van der Waals surface area contributed by atoms with E-state index in [2.05, 4.69) is 11.4 Å². The van der Waals surface area contributed by atoms with E-state index in [0.717, 1.165) is 18.5 Å². The number of ketones is 1. The summed E-state index contributed by atoms with van der Waals surface area (Å²) >= 11 is 0. The fourth-order valence-electron chi connectivity index (χ4n) is 2.70. The Morgan fingerprint density at radius 1 is 1.33 bits per heavy atom. The van der Waals surface area contributed by atoms with Gasteiger partial charge in [-0.25, -0.2) is 4.79 Å². The third-order valence-electron chi connectivity index (χ3n) is 3.69. The molecule has 1 heterocycles. The maximum atomic E-state index is 11.8. The van der Waals surface area contributed by atoms with E-state index in [-0.39, 0.29) is 30.5 Å². The van der Waals surface area contributed by atoms with Crippen molar-refractivity contribution in [3.63, 3.8) is 0 Å². The lowest BCUT2D eigenvalue weighted by molar-refractivity contribution is -0.139. The minimum Gasteiger partial charge on any atom is -0.470 e. The molecule has 1 aliphatic carbocycles. The van der Waals surface area contributed by atoms with Gasteiger partial charge in [-0.1, -0.05) is 6.07 Å². The van der Waals surface area contributed by atoms with Crippen molar-refractivity contribution in [1.29, 1.82) is 0 Å². The summed E-state index contributed by atoms with van der Waals surface area (Å²) in [5, 5.41) is 3.03. The predicted molar refractivity (Wildman–Crippen MR) is 76.7 cm³/mol. The van der Waals surface area contributed by atoms with Gasteiger partial charge in [0.15, 0.2) is 12.2 Å². The molecule has 0 aromatic heterocycles. The number of carbonyl (C=O) groups is 2. The first-order valence-corrected chi connectivity index (χ1v) is 7.15. The van der Waals surface area contributed by atoms with E-state index in [0.29, 0.717) is 0 Å². The molecule has 3 rings (SSSR count). The summed E-state index contributed by atoms with van der Waals surface area (Å²) in [4.78, 5) is 23.6. The normalized spacial score (nSPS) is 16.7. The van der Waals surface area contributed by atoms with Gasteiger partial charge in [-0.2, -0.15) is 0 Å². The van der Waals surface area contributed by atoms with Gasteiger partial charge in [-0.05, 0) is 49.4 Å². The summed E-state index contributed by atoms with van der Waals surface area (Å²) in [6.45, 7) is 1.80. The summed E-state index contributed by atoms with van der Waals surface area (Å²) in [5.41, 5.74) is 3.46. The van der Waals surface area contributed by atoms with Crippen LogP contribution in [0.25, 0.3) is 0 Å². The maximum absolute atomic E-state index is 11.8. The molecule has 0 atom stereocenters. The number of aryl methyl sites for hydroxylation is 2. The quantitative estimate of drug-likeness (QED) is 0.677. The van der Waals surface area contributed by atoms with Crippen LogP contribution >= 0.6 is 0 Å². The molecule has 1 aromatic carbocycles. The Labute approximate surface area is 122 Å². The molecule has 110 valence electrons. The van der Waals surface area contributed by atoms with Crippen LogP contribution in [0.15, 0.2) is 29.7 Å². The standard InChI is InChI=1S/C16H17NO4/c1-2-20-16(19)14-13(18)9-21-15(14)17-12-7-6-10-4-3-5-11(10)8-12/h6-8,17H,2-5,9H2,1H3. The molecular weight excluding hydrogens is 270 g/mol. The zero-order chi connectivity index (χ0) is 14.8. The Morgan fingerprint density at radius 2 is 2.14 bits per heavy atom. The van der Waals surface area contributed by atoms with Crippen molar-refractivity contribution < 1.29 is 19.1 Å². The first-order chi connectivity index (χ1) is 10.2. The molecule has 5 heteroatoms. The van der Waals surface area contributed by atoms with Crippen LogP contribution in [0.1, 0.15) is 24.5 Å². The number of rotatable bonds is 4. The van der Waals surface area contributed by atoms with Crippen molar-refractivity contribution in [2.45, 2.75) is 26.2 Å². The minimum atomic E-state index is -0.635. The van der Waals surface area contributed by atoms with Gasteiger partial charge < -0.3 is 14.8 Å². The van der Waals surface area contributed by atoms with E-state index >= 15 is 0 Å². The van der Waals surface area contributed by atoms with Gasteiger partial charge in [-0.15, -0.1) is 0 Å². The van der Waals surface area contributed by atoms with E-state index in [1.807, 2.05) is 12.1 Å². The van der Waals surface area contributed by atoms with Crippen molar-refractivity contribution in [3.05, 3.63) is 40.8 Å². The van der Waals surface area contributed by atoms with Crippen LogP contribution in [0, 0.1) is 0 Å². The zero-order valence-electron chi connectivity index (χ0n) is 11.9. The van der Waals surface area contributed by atoms with Crippen LogP contribution in [0.5, 0.6) is 0 Å². The number of benzene rings is 1. The van der Waals surface area contributed by atoms with Crippen molar-refractivity contribution in [3.8, 4) is 0 Å². The Balaban J connectivity index is 1.85. The Bertz CT molecular complexity index is 633. The van der Waals surface area contributed by atoms with Gasteiger partial charge in [0, 0.05) is 5.69 Å². The van der Waals surface area contributed by atoms with Gasteiger partial charge in [0.25, 0.3) is 0 Å². The maximum Gasteiger partial charge on any atom is 0.347 e. The molecule has 0 unspecified atom stereocenters.